The van der Waals surface area contributed by atoms with Crippen LogP contribution in [0.25, 0.3) is 0 Å². The second-order valence-corrected chi connectivity index (χ2v) is 5.29. The molecule has 106 valence electrons. The number of amides is 1. The molecular weight excluding hydrogens is 232 g/mol. The van der Waals surface area contributed by atoms with Crippen molar-refractivity contribution in [2.45, 2.75) is 38.8 Å². The molecule has 1 atom stereocenters. The molecule has 0 aromatic carbocycles. The van der Waals surface area contributed by atoms with E-state index in [1.807, 2.05) is 4.90 Å². The predicted molar refractivity (Wildman–Crippen MR) is 70.4 cm³/mol. The van der Waals surface area contributed by atoms with Gasteiger partial charge in [-0.3, -0.25) is 9.69 Å². The van der Waals surface area contributed by atoms with Crippen molar-refractivity contribution in [2.75, 3.05) is 39.9 Å². The third kappa shape index (κ3) is 3.43. The molecule has 1 fully saturated rings. The fraction of sp³-hybridized carbons (Fsp3) is 0.923. The van der Waals surface area contributed by atoms with E-state index in [2.05, 4.69) is 11.8 Å². The summed E-state index contributed by atoms with van der Waals surface area (Å²) < 4.78 is 5.22. The maximum Gasteiger partial charge on any atom is 0.254 e. The summed E-state index contributed by atoms with van der Waals surface area (Å²) in [6.07, 6.45) is 0.939. The van der Waals surface area contributed by atoms with Crippen LogP contribution in [0.5, 0.6) is 0 Å². The van der Waals surface area contributed by atoms with Gasteiger partial charge >= 0.3 is 0 Å². The van der Waals surface area contributed by atoms with Gasteiger partial charge in [-0.05, 0) is 20.3 Å². The summed E-state index contributed by atoms with van der Waals surface area (Å²) in [6, 6.07) is 0.220. The molecule has 1 heterocycles. The molecule has 5 nitrogen and oxygen atoms in total. The Balaban J connectivity index is 2.51. The minimum Gasteiger partial charge on any atom is -0.395 e. The molecule has 1 rings (SSSR count). The number of hydrogen-bond acceptors (Lipinski definition) is 4. The molecular formula is C13H26N2O3. The van der Waals surface area contributed by atoms with Crippen LogP contribution in [0.15, 0.2) is 0 Å². The number of hydrogen-bond donors (Lipinski definition) is 1. The van der Waals surface area contributed by atoms with Crippen LogP contribution in [-0.4, -0.2) is 72.4 Å². The van der Waals surface area contributed by atoms with Crippen LogP contribution in [0.4, 0.5) is 0 Å². The van der Waals surface area contributed by atoms with Crippen LogP contribution >= 0.6 is 0 Å². The van der Waals surface area contributed by atoms with Gasteiger partial charge in [0.1, 0.15) is 5.60 Å². The molecule has 1 aliphatic heterocycles. The Morgan fingerprint density at radius 2 is 1.89 bits per heavy atom. The normalized spacial score (nSPS) is 19.9. The number of nitrogens with zero attached hydrogens (tertiary/aromatic N) is 2. The fourth-order valence-electron chi connectivity index (χ4n) is 2.26. The lowest BCUT2D eigenvalue weighted by atomic mass is 10.1. The third-order valence-corrected chi connectivity index (χ3v) is 3.83. The van der Waals surface area contributed by atoms with E-state index in [1.54, 1.807) is 21.0 Å². The first-order chi connectivity index (χ1) is 8.46. The number of rotatable bonds is 5. The highest BCUT2D eigenvalue weighted by Gasteiger charge is 2.34. The molecule has 1 aliphatic rings. The van der Waals surface area contributed by atoms with Crippen molar-refractivity contribution in [1.29, 1.82) is 0 Å². The van der Waals surface area contributed by atoms with Crippen molar-refractivity contribution in [3.63, 3.8) is 0 Å². The van der Waals surface area contributed by atoms with E-state index in [0.717, 1.165) is 19.5 Å². The van der Waals surface area contributed by atoms with Crippen LogP contribution in [0.3, 0.4) is 0 Å². The summed E-state index contributed by atoms with van der Waals surface area (Å²) in [5.74, 6) is 0.0432. The largest absolute Gasteiger partial charge is 0.395 e. The standard InChI is InChI=1S/C13H26N2O3/c1-5-11(10-16)14-6-8-15(9-7-14)12(17)13(2,3)18-4/h11,16H,5-10H2,1-4H3. The number of carbonyl (C=O) groups excluding carboxylic acids is 1. The Bertz CT molecular complexity index is 269. The number of aliphatic hydroxyl groups is 1. The lowest BCUT2D eigenvalue weighted by Crippen LogP contribution is -2.56. The highest BCUT2D eigenvalue weighted by atomic mass is 16.5. The minimum absolute atomic E-state index is 0.0432. The van der Waals surface area contributed by atoms with Gasteiger partial charge in [-0.25, -0.2) is 0 Å². The number of methoxy groups -OCH3 is 1. The summed E-state index contributed by atoms with van der Waals surface area (Å²) >= 11 is 0. The molecule has 0 aliphatic carbocycles. The first-order valence-electron chi connectivity index (χ1n) is 6.65. The molecule has 18 heavy (non-hydrogen) atoms. The first-order valence-corrected chi connectivity index (χ1v) is 6.65. The molecule has 0 radical (unpaired) electrons. The van der Waals surface area contributed by atoms with Crippen molar-refractivity contribution in [2.24, 2.45) is 0 Å². The first kappa shape index (κ1) is 15.4. The smallest absolute Gasteiger partial charge is 0.254 e. The second kappa shape index (κ2) is 6.50. The Labute approximate surface area is 110 Å². The molecule has 1 saturated heterocycles. The zero-order chi connectivity index (χ0) is 13.8. The van der Waals surface area contributed by atoms with E-state index in [0.29, 0.717) is 13.1 Å². The van der Waals surface area contributed by atoms with Crippen LogP contribution in [0, 0.1) is 0 Å². The molecule has 1 N–H and O–H groups in total. The molecule has 0 saturated carbocycles. The molecule has 0 spiro atoms. The van der Waals surface area contributed by atoms with Crippen LogP contribution < -0.4 is 0 Å². The van der Waals surface area contributed by atoms with Crippen LogP contribution in [0.2, 0.25) is 0 Å². The Morgan fingerprint density at radius 1 is 1.33 bits per heavy atom. The van der Waals surface area contributed by atoms with Crippen molar-refractivity contribution in [3.8, 4) is 0 Å². The van der Waals surface area contributed by atoms with E-state index in [4.69, 9.17) is 4.74 Å². The molecule has 1 unspecified atom stereocenters. The van der Waals surface area contributed by atoms with Crippen molar-refractivity contribution in [3.05, 3.63) is 0 Å². The molecule has 0 aromatic heterocycles. The zero-order valence-electron chi connectivity index (χ0n) is 12.0. The van der Waals surface area contributed by atoms with Crippen LogP contribution in [0.1, 0.15) is 27.2 Å². The monoisotopic (exact) mass is 258 g/mol. The lowest BCUT2D eigenvalue weighted by molar-refractivity contribution is -0.153. The van der Waals surface area contributed by atoms with Gasteiger partial charge in [-0.15, -0.1) is 0 Å². The quantitative estimate of drug-likeness (QED) is 0.772. The van der Waals surface area contributed by atoms with Gasteiger partial charge in [0.15, 0.2) is 0 Å². The number of carbonyl (C=O) groups is 1. The highest BCUT2D eigenvalue weighted by molar-refractivity contribution is 5.84. The molecule has 1 amide bonds. The SMILES string of the molecule is CCC(CO)N1CCN(C(=O)C(C)(C)OC)CC1. The number of aliphatic hydroxyl groups excluding tert-OH is 1. The lowest BCUT2D eigenvalue weighted by Gasteiger charge is -2.40. The summed E-state index contributed by atoms with van der Waals surface area (Å²) in [5.41, 5.74) is -0.747. The maximum absolute atomic E-state index is 12.2. The van der Waals surface area contributed by atoms with Crippen molar-refractivity contribution >= 4 is 5.91 Å². The summed E-state index contributed by atoms with van der Waals surface area (Å²) in [7, 11) is 1.56. The predicted octanol–water partition coefficient (Wildman–Crippen LogP) is 0.327. The minimum atomic E-state index is -0.747. The van der Waals surface area contributed by atoms with Gasteiger partial charge in [0.2, 0.25) is 0 Å². The van der Waals surface area contributed by atoms with Gasteiger partial charge in [-0.1, -0.05) is 6.92 Å². The van der Waals surface area contributed by atoms with E-state index >= 15 is 0 Å². The van der Waals surface area contributed by atoms with Gasteiger partial charge < -0.3 is 14.7 Å². The summed E-state index contributed by atoms with van der Waals surface area (Å²) in [6.45, 7) is 8.93. The van der Waals surface area contributed by atoms with Crippen LogP contribution in [-0.2, 0) is 9.53 Å². The molecule has 5 heteroatoms. The van der Waals surface area contributed by atoms with Gasteiger partial charge in [0.25, 0.3) is 5.91 Å². The van der Waals surface area contributed by atoms with E-state index < -0.39 is 5.60 Å². The molecule has 0 aromatic rings. The van der Waals surface area contributed by atoms with E-state index in [-0.39, 0.29) is 18.6 Å². The van der Waals surface area contributed by atoms with E-state index in [1.165, 1.54) is 0 Å². The Hall–Kier alpha value is -0.650. The summed E-state index contributed by atoms with van der Waals surface area (Å²) in [4.78, 5) is 16.3. The number of ether oxygens (including phenoxy) is 1. The van der Waals surface area contributed by atoms with Gasteiger partial charge in [0, 0.05) is 39.3 Å². The van der Waals surface area contributed by atoms with Crippen molar-refractivity contribution < 1.29 is 14.6 Å². The average molecular weight is 258 g/mol. The Kier molecular flexibility index (Phi) is 5.56. The second-order valence-electron chi connectivity index (χ2n) is 5.29. The maximum atomic E-state index is 12.2. The topological polar surface area (TPSA) is 53.0 Å². The fourth-order valence-corrected chi connectivity index (χ4v) is 2.26. The van der Waals surface area contributed by atoms with Gasteiger partial charge in [-0.2, -0.15) is 0 Å². The molecule has 0 bridgehead atoms. The third-order valence-electron chi connectivity index (χ3n) is 3.83. The van der Waals surface area contributed by atoms with Gasteiger partial charge in [0.05, 0.1) is 6.61 Å². The zero-order valence-corrected chi connectivity index (χ0v) is 12.0. The van der Waals surface area contributed by atoms with E-state index in [9.17, 15) is 9.90 Å². The average Bonchev–Trinajstić information content (AvgIpc) is 2.40. The number of piperazine rings is 1. The highest BCUT2D eigenvalue weighted by Crippen LogP contribution is 2.15. The van der Waals surface area contributed by atoms with Crippen molar-refractivity contribution in [1.82, 2.24) is 9.80 Å². The Morgan fingerprint density at radius 3 is 2.28 bits per heavy atom. The summed E-state index contributed by atoms with van der Waals surface area (Å²) in [5, 5.41) is 9.28.